The highest BCUT2D eigenvalue weighted by atomic mass is 19.1. The molecule has 0 spiro atoms. The van der Waals surface area contributed by atoms with Gasteiger partial charge < -0.3 is 0 Å². The van der Waals surface area contributed by atoms with Crippen molar-refractivity contribution in [3.63, 3.8) is 0 Å². The number of aromatic nitrogens is 1. The minimum absolute atomic E-state index is 0.127. The molecule has 0 aromatic carbocycles. The topological polar surface area (TPSA) is 56.0 Å². The molecule has 1 aromatic heterocycles. The van der Waals surface area contributed by atoms with Crippen molar-refractivity contribution in [3.8, 4) is 0 Å². The van der Waals surface area contributed by atoms with Gasteiger partial charge in [-0.25, -0.2) is 4.39 Å². The molecular weight excluding hydrogens is 151 g/mol. The number of hydrogen-bond acceptors (Lipinski definition) is 3. The van der Waals surface area contributed by atoms with Crippen molar-refractivity contribution < 1.29 is 9.31 Å². The van der Waals surface area contributed by atoms with Crippen LogP contribution in [0.15, 0.2) is 18.3 Å². The van der Waals surface area contributed by atoms with Gasteiger partial charge >= 0.3 is 0 Å². The Kier molecular flexibility index (Phi) is 2.10. The number of halogens is 1. The van der Waals surface area contributed by atoms with E-state index in [9.17, 15) is 14.5 Å². The predicted octanol–water partition coefficient (Wildman–Crippen LogP) is 0.997. The van der Waals surface area contributed by atoms with Crippen LogP contribution in [0.2, 0.25) is 0 Å². The summed E-state index contributed by atoms with van der Waals surface area (Å²) < 4.78 is 12.6. The molecule has 0 amide bonds. The predicted molar refractivity (Wildman–Crippen MR) is 34.9 cm³/mol. The summed E-state index contributed by atoms with van der Waals surface area (Å²) in [6, 6.07) is 2.53. The molecule has 4 nitrogen and oxygen atoms in total. The molecule has 11 heavy (non-hydrogen) atoms. The van der Waals surface area contributed by atoms with Gasteiger partial charge in [0.1, 0.15) is 5.69 Å². The first-order chi connectivity index (χ1) is 5.20. The fraction of sp³-hybridized carbons (Fsp3) is 0.167. The van der Waals surface area contributed by atoms with Gasteiger partial charge in [-0.2, -0.15) is 0 Å². The molecule has 0 radical (unpaired) electrons. The van der Waals surface area contributed by atoms with Gasteiger partial charge in [0.2, 0.25) is 6.54 Å². The van der Waals surface area contributed by atoms with Crippen molar-refractivity contribution in [2.45, 2.75) is 6.54 Å². The summed E-state index contributed by atoms with van der Waals surface area (Å²) in [5.41, 5.74) is -0.127. The maximum absolute atomic E-state index is 12.6. The van der Waals surface area contributed by atoms with E-state index < -0.39 is 17.3 Å². The highest BCUT2D eigenvalue weighted by Crippen LogP contribution is 2.02. The highest BCUT2D eigenvalue weighted by Gasteiger charge is 2.07. The van der Waals surface area contributed by atoms with Crippen molar-refractivity contribution in [2.75, 3.05) is 0 Å². The first-order valence-electron chi connectivity index (χ1n) is 2.91. The monoisotopic (exact) mass is 156 g/mol. The van der Waals surface area contributed by atoms with Gasteiger partial charge in [-0.3, -0.25) is 15.1 Å². The lowest BCUT2D eigenvalue weighted by Gasteiger charge is -1.93. The van der Waals surface area contributed by atoms with Crippen LogP contribution in [-0.2, 0) is 6.54 Å². The van der Waals surface area contributed by atoms with Crippen LogP contribution in [-0.4, -0.2) is 9.91 Å². The van der Waals surface area contributed by atoms with Gasteiger partial charge in [0.15, 0.2) is 5.82 Å². The molecule has 58 valence electrons. The first-order valence-corrected chi connectivity index (χ1v) is 2.91. The van der Waals surface area contributed by atoms with Crippen molar-refractivity contribution in [1.82, 2.24) is 4.98 Å². The molecule has 5 heteroatoms. The summed E-state index contributed by atoms with van der Waals surface area (Å²) in [6.07, 6.45) is 1.32. The highest BCUT2D eigenvalue weighted by molar-refractivity contribution is 5.05. The number of nitro groups is 1. The number of hydrogen-bond donors (Lipinski definition) is 0. The van der Waals surface area contributed by atoms with Gasteiger partial charge in [0.05, 0.1) is 0 Å². The van der Waals surface area contributed by atoms with E-state index in [1.165, 1.54) is 12.3 Å². The SMILES string of the molecule is O=[N+]([O-])Cc1ncccc1F. The van der Waals surface area contributed by atoms with Gasteiger partial charge in [0, 0.05) is 11.1 Å². The Labute approximate surface area is 61.8 Å². The molecule has 1 heterocycles. The second-order valence-electron chi connectivity index (χ2n) is 1.92. The number of nitrogens with zero attached hydrogens (tertiary/aromatic N) is 2. The Morgan fingerprint density at radius 1 is 1.73 bits per heavy atom. The summed E-state index contributed by atoms with van der Waals surface area (Å²) in [6.45, 7) is -0.563. The van der Waals surface area contributed by atoms with Crippen LogP contribution in [0.25, 0.3) is 0 Å². The van der Waals surface area contributed by atoms with Crippen LogP contribution in [0.1, 0.15) is 5.69 Å². The first kappa shape index (κ1) is 7.59. The maximum Gasteiger partial charge on any atom is 0.248 e. The molecule has 0 saturated heterocycles. The van der Waals surface area contributed by atoms with Gasteiger partial charge in [0.25, 0.3) is 0 Å². The lowest BCUT2D eigenvalue weighted by Crippen LogP contribution is -2.02. The van der Waals surface area contributed by atoms with E-state index in [1.54, 1.807) is 0 Å². The quantitative estimate of drug-likeness (QED) is 0.474. The fourth-order valence-corrected chi connectivity index (χ4v) is 0.657. The average molecular weight is 156 g/mol. The second-order valence-corrected chi connectivity index (χ2v) is 1.92. The lowest BCUT2D eigenvalue weighted by molar-refractivity contribution is -0.497. The van der Waals surface area contributed by atoms with Gasteiger partial charge in [-0.05, 0) is 12.1 Å². The average Bonchev–Trinajstić information content (AvgIpc) is 1.93. The molecule has 0 bridgehead atoms. The smallest absolute Gasteiger partial charge is 0.248 e. The Bertz CT molecular complexity index is 277. The van der Waals surface area contributed by atoms with Crippen molar-refractivity contribution in [2.24, 2.45) is 0 Å². The van der Waals surface area contributed by atoms with Crippen LogP contribution < -0.4 is 0 Å². The Morgan fingerprint density at radius 2 is 2.45 bits per heavy atom. The zero-order valence-corrected chi connectivity index (χ0v) is 5.53. The van der Waals surface area contributed by atoms with E-state index >= 15 is 0 Å². The lowest BCUT2D eigenvalue weighted by atomic mass is 10.3. The third-order valence-electron chi connectivity index (χ3n) is 1.11. The minimum Gasteiger partial charge on any atom is -0.264 e. The molecule has 1 aromatic rings. The Hall–Kier alpha value is -1.52. The molecule has 0 saturated carbocycles. The normalized spacial score (nSPS) is 9.55. The molecule has 0 fully saturated rings. The summed E-state index contributed by atoms with van der Waals surface area (Å²) in [5, 5.41) is 9.92. The Balaban J connectivity index is 2.86. The molecular formula is C6H5FN2O2. The van der Waals surface area contributed by atoms with Crippen molar-refractivity contribution >= 4 is 0 Å². The van der Waals surface area contributed by atoms with Crippen molar-refractivity contribution in [1.29, 1.82) is 0 Å². The van der Waals surface area contributed by atoms with Gasteiger partial charge in [-0.1, -0.05) is 0 Å². The van der Waals surface area contributed by atoms with Crippen LogP contribution in [0, 0.1) is 15.9 Å². The zero-order valence-electron chi connectivity index (χ0n) is 5.53. The van der Waals surface area contributed by atoms with E-state index in [4.69, 9.17) is 0 Å². The summed E-state index contributed by atoms with van der Waals surface area (Å²) >= 11 is 0. The van der Waals surface area contributed by atoms with E-state index in [1.807, 2.05) is 0 Å². The third kappa shape index (κ3) is 1.96. The standard InChI is InChI=1S/C6H5FN2O2/c7-5-2-1-3-8-6(5)4-9(10)11/h1-3H,4H2. The molecule has 0 N–H and O–H groups in total. The summed E-state index contributed by atoms with van der Waals surface area (Å²) in [7, 11) is 0. The van der Waals surface area contributed by atoms with Crippen LogP contribution in [0.4, 0.5) is 4.39 Å². The zero-order chi connectivity index (χ0) is 8.27. The third-order valence-corrected chi connectivity index (χ3v) is 1.11. The van der Waals surface area contributed by atoms with E-state index in [-0.39, 0.29) is 5.69 Å². The van der Waals surface area contributed by atoms with Crippen LogP contribution in [0.5, 0.6) is 0 Å². The number of rotatable bonds is 2. The molecule has 0 aliphatic heterocycles. The maximum atomic E-state index is 12.6. The molecule has 0 aliphatic carbocycles. The second kappa shape index (κ2) is 3.05. The van der Waals surface area contributed by atoms with Gasteiger partial charge in [-0.15, -0.1) is 0 Å². The van der Waals surface area contributed by atoms with Crippen molar-refractivity contribution in [3.05, 3.63) is 40.0 Å². The molecule has 0 unspecified atom stereocenters. The largest absolute Gasteiger partial charge is 0.264 e. The van der Waals surface area contributed by atoms with Crippen LogP contribution in [0.3, 0.4) is 0 Å². The van der Waals surface area contributed by atoms with E-state index in [2.05, 4.69) is 4.98 Å². The van der Waals surface area contributed by atoms with Crippen LogP contribution >= 0.6 is 0 Å². The van der Waals surface area contributed by atoms with E-state index in [0.717, 1.165) is 6.07 Å². The summed E-state index contributed by atoms with van der Waals surface area (Å²) in [5.74, 6) is -0.635. The summed E-state index contributed by atoms with van der Waals surface area (Å²) in [4.78, 5) is 12.8. The van der Waals surface area contributed by atoms with E-state index in [0.29, 0.717) is 0 Å². The fourth-order valence-electron chi connectivity index (χ4n) is 0.657. The number of pyridine rings is 1. The Morgan fingerprint density at radius 3 is 3.00 bits per heavy atom. The molecule has 1 rings (SSSR count). The molecule has 0 atom stereocenters. The molecule has 0 aliphatic rings. The minimum atomic E-state index is -0.635.